The largest absolute Gasteiger partial charge is 0.391 e. The Morgan fingerprint density at radius 2 is 2.08 bits per heavy atom. The number of aromatic nitrogens is 3. The van der Waals surface area contributed by atoms with Crippen LogP contribution in [0.5, 0.6) is 0 Å². The lowest BCUT2D eigenvalue weighted by molar-refractivity contribution is 0.194. The van der Waals surface area contributed by atoms with Crippen molar-refractivity contribution in [1.82, 2.24) is 15.1 Å². The molecule has 0 amide bonds. The topological polar surface area (TPSA) is 75.3 Å². The molecule has 0 saturated carbocycles. The minimum Gasteiger partial charge on any atom is -0.391 e. The summed E-state index contributed by atoms with van der Waals surface area (Å²) in [5.74, 6) is -1.25. The maximum absolute atomic E-state index is 13.6. The van der Waals surface area contributed by atoms with Gasteiger partial charge in [-0.1, -0.05) is 11.2 Å². The fourth-order valence-electron chi connectivity index (χ4n) is 3.21. The van der Waals surface area contributed by atoms with E-state index in [-0.39, 0.29) is 6.04 Å². The van der Waals surface area contributed by atoms with Crippen molar-refractivity contribution in [2.75, 3.05) is 11.4 Å². The van der Waals surface area contributed by atoms with Gasteiger partial charge in [0.05, 0.1) is 17.8 Å². The van der Waals surface area contributed by atoms with Gasteiger partial charge in [0.25, 0.3) is 5.71 Å². The van der Waals surface area contributed by atoms with E-state index in [0.717, 1.165) is 12.1 Å². The number of nitrogens with zero attached hydrogens (tertiary/aromatic N) is 4. The number of benzene rings is 1. The zero-order valence-corrected chi connectivity index (χ0v) is 12.8. The summed E-state index contributed by atoms with van der Waals surface area (Å²) in [5.41, 5.74) is 1.56. The van der Waals surface area contributed by atoms with Crippen molar-refractivity contribution in [1.29, 1.82) is 0 Å². The molecule has 0 bridgehead atoms. The summed E-state index contributed by atoms with van der Waals surface area (Å²) in [7, 11) is 0. The first-order valence-electron chi connectivity index (χ1n) is 7.51. The molecular formula is C16H14F2N4O2. The number of aliphatic hydroxyl groups excluding tert-OH is 1. The molecule has 1 N–H and O–H groups in total. The highest BCUT2D eigenvalue weighted by Crippen LogP contribution is 2.39. The molecule has 8 heteroatoms. The second-order valence-corrected chi connectivity index (χ2v) is 5.88. The molecule has 24 heavy (non-hydrogen) atoms. The standard InChI is InChI=1S/C16H14F2N4O2/c1-8-14-15(19-7-20-16(14)24-21-8)22-6-10(23)5-13(22)9-2-3-11(17)12(18)4-9/h2-4,7,10,13,23H,5-6H2,1H3/t10-,13-/m0/s1. The molecule has 6 nitrogen and oxygen atoms in total. The third kappa shape index (κ3) is 2.30. The SMILES string of the molecule is Cc1noc2ncnc(N3C[C@@H](O)C[C@H]3c3ccc(F)c(F)c3)c12. The maximum Gasteiger partial charge on any atom is 0.263 e. The van der Waals surface area contributed by atoms with Gasteiger partial charge >= 0.3 is 0 Å². The van der Waals surface area contributed by atoms with Gasteiger partial charge in [-0.3, -0.25) is 0 Å². The molecule has 1 fully saturated rings. The van der Waals surface area contributed by atoms with Gasteiger partial charge in [-0.25, -0.2) is 13.8 Å². The molecule has 2 aromatic heterocycles. The highest BCUT2D eigenvalue weighted by atomic mass is 19.2. The van der Waals surface area contributed by atoms with Crippen LogP contribution in [0.2, 0.25) is 0 Å². The molecule has 0 spiro atoms. The van der Waals surface area contributed by atoms with Crippen molar-refractivity contribution in [2.24, 2.45) is 0 Å². The van der Waals surface area contributed by atoms with Crippen molar-refractivity contribution >= 4 is 16.9 Å². The molecule has 1 saturated heterocycles. The number of hydrogen-bond donors (Lipinski definition) is 1. The third-order valence-corrected chi connectivity index (χ3v) is 4.30. The molecule has 3 aromatic rings. The number of fused-ring (bicyclic) bond motifs is 1. The van der Waals surface area contributed by atoms with Crippen molar-refractivity contribution in [3.8, 4) is 0 Å². The van der Waals surface area contributed by atoms with E-state index >= 15 is 0 Å². The number of hydrogen-bond acceptors (Lipinski definition) is 6. The van der Waals surface area contributed by atoms with E-state index in [1.54, 1.807) is 6.92 Å². The van der Waals surface area contributed by atoms with Crippen LogP contribution >= 0.6 is 0 Å². The van der Waals surface area contributed by atoms with E-state index in [0.29, 0.717) is 41.1 Å². The van der Waals surface area contributed by atoms with Crippen LogP contribution in [0.25, 0.3) is 11.1 Å². The Morgan fingerprint density at radius 3 is 2.88 bits per heavy atom. The monoisotopic (exact) mass is 332 g/mol. The Kier molecular flexibility index (Phi) is 3.42. The van der Waals surface area contributed by atoms with Gasteiger partial charge in [0, 0.05) is 6.54 Å². The van der Waals surface area contributed by atoms with Gasteiger partial charge in [0.1, 0.15) is 17.5 Å². The van der Waals surface area contributed by atoms with Gasteiger partial charge < -0.3 is 14.5 Å². The van der Waals surface area contributed by atoms with Crippen LogP contribution in [-0.4, -0.2) is 32.9 Å². The lowest BCUT2D eigenvalue weighted by atomic mass is 10.0. The lowest BCUT2D eigenvalue weighted by Gasteiger charge is -2.26. The average Bonchev–Trinajstić information content (AvgIpc) is 3.14. The van der Waals surface area contributed by atoms with E-state index < -0.39 is 17.7 Å². The Bertz CT molecular complexity index is 914. The van der Waals surface area contributed by atoms with Crippen molar-refractivity contribution in [3.05, 3.63) is 47.4 Å². The van der Waals surface area contributed by atoms with Crippen LogP contribution < -0.4 is 4.90 Å². The highest BCUT2D eigenvalue weighted by Gasteiger charge is 2.35. The summed E-state index contributed by atoms with van der Waals surface area (Å²) in [4.78, 5) is 10.2. The van der Waals surface area contributed by atoms with Crippen LogP contribution in [-0.2, 0) is 0 Å². The Balaban J connectivity index is 1.82. The summed E-state index contributed by atoms with van der Waals surface area (Å²) in [6.45, 7) is 2.10. The van der Waals surface area contributed by atoms with E-state index in [2.05, 4.69) is 15.1 Å². The molecule has 4 rings (SSSR count). The van der Waals surface area contributed by atoms with Crippen LogP contribution in [0.4, 0.5) is 14.6 Å². The highest BCUT2D eigenvalue weighted by molar-refractivity contribution is 5.88. The lowest BCUT2D eigenvalue weighted by Crippen LogP contribution is -2.25. The second kappa shape index (κ2) is 5.48. The fourth-order valence-corrected chi connectivity index (χ4v) is 3.21. The third-order valence-electron chi connectivity index (χ3n) is 4.30. The summed E-state index contributed by atoms with van der Waals surface area (Å²) < 4.78 is 32.0. The van der Waals surface area contributed by atoms with Crippen molar-refractivity contribution < 1.29 is 18.4 Å². The molecular weight excluding hydrogens is 318 g/mol. The Labute approximate surface area is 135 Å². The van der Waals surface area contributed by atoms with Crippen molar-refractivity contribution in [3.63, 3.8) is 0 Å². The summed E-state index contributed by atoms with van der Waals surface area (Å²) in [6.07, 6.45) is 1.14. The van der Waals surface area contributed by atoms with E-state index in [4.69, 9.17) is 4.52 Å². The average molecular weight is 332 g/mol. The molecule has 2 atom stereocenters. The predicted molar refractivity (Wildman–Crippen MR) is 81.4 cm³/mol. The molecule has 1 aliphatic heterocycles. The summed E-state index contributed by atoms with van der Waals surface area (Å²) in [5, 5.41) is 14.7. The maximum atomic E-state index is 13.6. The van der Waals surface area contributed by atoms with Gasteiger partial charge in [-0.2, -0.15) is 4.98 Å². The molecule has 3 heterocycles. The summed E-state index contributed by atoms with van der Waals surface area (Å²) >= 11 is 0. The van der Waals surface area contributed by atoms with Gasteiger partial charge in [0.2, 0.25) is 0 Å². The number of aliphatic hydroxyl groups is 1. The second-order valence-electron chi connectivity index (χ2n) is 5.88. The fraction of sp³-hybridized carbons (Fsp3) is 0.312. The van der Waals surface area contributed by atoms with Crippen LogP contribution in [0.15, 0.2) is 29.0 Å². The van der Waals surface area contributed by atoms with Crippen LogP contribution in [0.1, 0.15) is 23.7 Å². The minimum atomic E-state index is -0.914. The first-order valence-corrected chi connectivity index (χ1v) is 7.51. The zero-order chi connectivity index (χ0) is 16.8. The van der Waals surface area contributed by atoms with Crippen LogP contribution in [0, 0.1) is 18.6 Å². The summed E-state index contributed by atoms with van der Waals surface area (Å²) in [6, 6.07) is 3.44. The quantitative estimate of drug-likeness (QED) is 0.777. The molecule has 0 unspecified atom stereocenters. The normalized spacial score (nSPS) is 20.9. The zero-order valence-electron chi connectivity index (χ0n) is 12.8. The number of β-amino-alcohol motifs (C(OH)–C–C–N with tert-alkyl or cyclic N) is 1. The van der Waals surface area contributed by atoms with E-state index in [1.165, 1.54) is 12.4 Å². The Morgan fingerprint density at radius 1 is 1.25 bits per heavy atom. The molecule has 0 radical (unpaired) electrons. The number of halogens is 2. The van der Waals surface area contributed by atoms with Gasteiger partial charge in [-0.15, -0.1) is 0 Å². The molecule has 0 aliphatic carbocycles. The van der Waals surface area contributed by atoms with E-state index in [9.17, 15) is 13.9 Å². The number of rotatable bonds is 2. The number of anilines is 1. The Hall–Kier alpha value is -2.61. The first-order chi connectivity index (χ1) is 11.5. The predicted octanol–water partition coefficient (Wildman–Crippen LogP) is 2.52. The molecule has 1 aromatic carbocycles. The van der Waals surface area contributed by atoms with E-state index in [1.807, 2.05) is 4.90 Å². The molecule has 124 valence electrons. The van der Waals surface area contributed by atoms with Crippen molar-refractivity contribution in [2.45, 2.75) is 25.5 Å². The van der Waals surface area contributed by atoms with Gasteiger partial charge in [0.15, 0.2) is 11.6 Å². The first kappa shape index (κ1) is 14.9. The van der Waals surface area contributed by atoms with Gasteiger partial charge in [-0.05, 0) is 31.0 Å². The molecule has 1 aliphatic rings. The number of aryl methyl sites for hydroxylation is 1. The van der Waals surface area contributed by atoms with Crippen LogP contribution in [0.3, 0.4) is 0 Å². The minimum absolute atomic E-state index is 0.320. The smallest absolute Gasteiger partial charge is 0.263 e.